The monoisotopic (exact) mass is 353 g/mol. The number of hydrogen-bond donors (Lipinski definition) is 1. The summed E-state index contributed by atoms with van der Waals surface area (Å²) in [5, 5.41) is 7.55. The summed E-state index contributed by atoms with van der Waals surface area (Å²) >= 11 is 0. The molecule has 5 heteroatoms. The minimum Gasteiger partial charge on any atom is -0.365 e. The molecule has 2 aromatic rings. The van der Waals surface area contributed by atoms with Crippen LogP contribution >= 0.6 is 0 Å². The van der Waals surface area contributed by atoms with Crippen LogP contribution in [0.5, 0.6) is 0 Å². The minimum atomic E-state index is -0.604. The van der Waals surface area contributed by atoms with E-state index in [1.54, 1.807) is 0 Å². The standard InChI is InChI=1S/C21H27N3O2/c1-15-6-3-4-7-17(15)18-14-22-23-19(18)16-8-11-24(12-9-16)20(25)21(2)10-5-13-26-21/h3-4,6-7,14,16H,5,8-13H2,1-2H3,(H,22,23)/t21-/m0/s1. The van der Waals surface area contributed by atoms with Crippen LogP contribution in [0.3, 0.4) is 0 Å². The molecule has 5 nitrogen and oxygen atoms in total. The van der Waals surface area contributed by atoms with Crippen molar-refractivity contribution < 1.29 is 9.53 Å². The average Bonchev–Trinajstić information content (AvgIpc) is 3.32. The minimum absolute atomic E-state index is 0.164. The third-order valence-corrected chi connectivity index (χ3v) is 5.97. The van der Waals surface area contributed by atoms with Crippen molar-refractivity contribution in [1.82, 2.24) is 15.1 Å². The van der Waals surface area contributed by atoms with E-state index in [-0.39, 0.29) is 5.91 Å². The molecule has 0 bridgehead atoms. The van der Waals surface area contributed by atoms with E-state index >= 15 is 0 Å². The molecule has 4 rings (SSSR count). The number of nitrogens with zero attached hydrogens (tertiary/aromatic N) is 2. The van der Waals surface area contributed by atoms with Gasteiger partial charge in [0.25, 0.3) is 5.91 Å². The molecule has 2 aliphatic rings. The number of carbonyl (C=O) groups is 1. The number of rotatable bonds is 3. The van der Waals surface area contributed by atoms with Crippen molar-refractivity contribution in [2.45, 2.75) is 51.0 Å². The Kier molecular flexibility index (Phi) is 4.57. The molecule has 1 amide bonds. The number of aromatic nitrogens is 2. The second-order valence-electron chi connectivity index (χ2n) is 7.76. The van der Waals surface area contributed by atoms with Gasteiger partial charge in [0.15, 0.2) is 0 Å². The van der Waals surface area contributed by atoms with E-state index in [1.807, 2.05) is 18.0 Å². The Morgan fingerprint density at radius 1 is 1.27 bits per heavy atom. The van der Waals surface area contributed by atoms with E-state index in [9.17, 15) is 4.79 Å². The maximum Gasteiger partial charge on any atom is 0.254 e. The van der Waals surface area contributed by atoms with Crippen LogP contribution in [-0.2, 0) is 9.53 Å². The van der Waals surface area contributed by atoms with E-state index < -0.39 is 5.60 Å². The second kappa shape index (κ2) is 6.88. The topological polar surface area (TPSA) is 58.2 Å². The first kappa shape index (κ1) is 17.3. The highest BCUT2D eigenvalue weighted by atomic mass is 16.5. The number of carbonyl (C=O) groups excluding carboxylic acids is 1. The van der Waals surface area contributed by atoms with Crippen LogP contribution < -0.4 is 0 Å². The molecule has 0 unspecified atom stereocenters. The maximum absolute atomic E-state index is 12.8. The Hall–Kier alpha value is -2.14. The molecule has 138 valence electrons. The van der Waals surface area contributed by atoms with Gasteiger partial charge < -0.3 is 9.64 Å². The molecule has 0 aliphatic carbocycles. The van der Waals surface area contributed by atoms with Gasteiger partial charge in [-0.2, -0.15) is 5.10 Å². The fraction of sp³-hybridized carbons (Fsp3) is 0.524. The van der Waals surface area contributed by atoms with Crippen molar-refractivity contribution in [2.75, 3.05) is 19.7 Å². The van der Waals surface area contributed by atoms with Gasteiger partial charge in [-0.15, -0.1) is 0 Å². The molecular formula is C21H27N3O2. The van der Waals surface area contributed by atoms with Gasteiger partial charge in [-0.3, -0.25) is 9.89 Å². The maximum atomic E-state index is 12.8. The van der Waals surface area contributed by atoms with Crippen LogP contribution in [0.2, 0.25) is 0 Å². The summed E-state index contributed by atoms with van der Waals surface area (Å²) in [7, 11) is 0. The number of ether oxygens (including phenoxy) is 1. The van der Waals surface area contributed by atoms with Gasteiger partial charge in [-0.25, -0.2) is 0 Å². The first-order valence-electron chi connectivity index (χ1n) is 9.61. The van der Waals surface area contributed by atoms with E-state index in [0.717, 1.165) is 38.8 Å². The van der Waals surface area contributed by atoms with Gasteiger partial charge in [0.2, 0.25) is 0 Å². The van der Waals surface area contributed by atoms with Gasteiger partial charge >= 0.3 is 0 Å². The first-order chi connectivity index (χ1) is 12.6. The van der Waals surface area contributed by atoms with E-state index in [1.165, 1.54) is 22.4 Å². The predicted molar refractivity (Wildman–Crippen MR) is 101 cm³/mol. The highest BCUT2D eigenvalue weighted by Gasteiger charge is 2.41. The van der Waals surface area contributed by atoms with Gasteiger partial charge in [-0.05, 0) is 50.7 Å². The summed E-state index contributed by atoms with van der Waals surface area (Å²) < 4.78 is 5.74. The summed E-state index contributed by atoms with van der Waals surface area (Å²) in [4.78, 5) is 14.8. The fourth-order valence-corrected chi connectivity index (χ4v) is 4.35. The third-order valence-electron chi connectivity index (χ3n) is 5.97. The van der Waals surface area contributed by atoms with Crippen molar-refractivity contribution >= 4 is 5.91 Å². The number of aryl methyl sites for hydroxylation is 1. The Balaban J connectivity index is 1.47. The molecule has 0 spiro atoms. The van der Waals surface area contributed by atoms with Crippen LogP contribution in [0.4, 0.5) is 0 Å². The summed E-state index contributed by atoms with van der Waals surface area (Å²) in [5.74, 6) is 0.575. The third kappa shape index (κ3) is 3.05. The average molecular weight is 353 g/mol. The first-order valence-corrected chi connectivity index (χ1v) is 9.61. The predicted octanol–water partition coefficient (Wildman–Crippen LogP) is 3.66. The van der Waals surface area contributed by atoms with Crippen molar-refractivity contribution in [3.63, 3.8) is 0 Å². The van der Waals surface area contributed by atoms with E-state index in [0.29, 0.717) is 12.5 Å². The van der Waals surface area contributed by atoms with Gasteiger partial charge in [0.05, 0.1) is 6.20 Å². The largest absolute Gasteiger partial charge is 0.365 e. The Morgan fingerprint density at radius 2 is 2.04 bits per heavy atom. The lowest BCUT2D eigenvalue weighted by Gasteiger charge is -2.36. The molecular weight excluding hydrogens is 326 g/mol. The smallest absolute Gasteiger partial charge is 0.254 e. The molecule has 2 aliphatic heterocycles. The van der Waals surface area contributed by atoms with Crippen molar-refractivity contribution in [3.05, 3.63) is 41.7 Å². The summed E-state index contributed by atoms with van der Waals surface area (Å²) in [5.41, 5.74) is 4.29. The molecule has 2 saturated heterocycles. The molecule has 26 heavy (non-hydrogen) atoms. The van der Waals surface area contributed by atoms with Gasteiger partial charge in [0.1, 0.15) is 5.60 Å². The molecule has 1 N–H and O–H groups in total. The second-order valence-corrected chi connectivity index (χ2v) is 7.76. The number of hydrogen-bond acceptors (Lipinski definition) is 3. The summed E-state index contributed by atoms with van der Waals surface area (Å²) in [6.07, 6.45) is 5.67. The number of aromatic amines is 1. The molecule has 0 saturated carbocycles. The SMILES string of the molecule is Cc1ccccc1-c1cn[nH]c1C1CCN(C(=O)[C@]2(C)CCCO2)CC1. The molecule has 2 fully saturated rings. The zero-order valence-corrected chi connectivity index (χ0v) is 15.6. The van der Waals surface area contributed by atoms with Crippen molar-refractivity contribution in [3.8, 4) is 11.1 Å². The van der Waals surface area contributed by atoms with Crippen LogP contribution in [-0.4, -0.2) is 46.3 Å². The van der Waals surface area contributed by atoms with Crippen LogP contribution in [0.25, 0.3) is 11.1 Å². The normalized spacial score (nSPS) is 24.2. The number of amides is 1. The molecule has 3 heterocycles. The van der Waals surface area contributed by atoms with Crippen molar-refractivity contribution in [2.24, 2.45) is 0 Å². The van der Waals surface area contributed by atoms with Gasteiger partial charge in [-0.1, -0.05) is 24.3 Å². The molecule has 0 radical (unpaired) electrons. The highest BCUT2D eigenvalue weighted by molar-refractivity contribution is 5.85. The number of benzene rings is 1. The lowest BCUT2D eigenvalue weighted by Crippen LogP contribution is -2.49. The zero-order valence-electron chi connectivity index (χ0n) is 15.6. The highest BCUT2D eigenvalue weighted by Crippen LogP contribution is 2.36. The Morgan fingerprint density at radius 3 is 2.73 bits per heavy atom. The number of nitrogens with one attached hydrogen (secondary N) is 1. The van der Waals surface area contributed by atoms with E-state index in [2.05, 4.69) is 41.4 Å². The quantitative estimate of drug-likeness (QED) is 0.916. The lowest BCUT2D eigenvalue weighted by molar-refractivity contribution is -0.152. The van der Waals surface area contributed by atoms with Crippen LogP contribution in [0.1, 0.15) is 49.8 Å². The molecule has 1 aromatic carbocycles. The lowest BCUT2D eigenvalue weighted by atomic mass is 9.88. The number of piperidine rings is 1. The fourth-order valence-electron chi connectivity index (χ4n) is 4.35. The van der Waals surface area contributed by atoms with E-state index in [4.69, 9.17) is 4.74 Å². The number of H-pyrrole nitrogens is 1. The molecule has 1 aromatic heterocycles. The summed E-state index contributed by atoms with van der Waals surface area (Å²) in [6.45, 7) is 6.35. The number of likely N-dealkylation sites (tertiary alicyclic amines) is 1. The Labute approximate surface area is 154 Å². The van der Waals surface area contributed by atoms with Crippen LogP contribution in [0, 0.1) is 6.92 Å². The van der Waals surface area contributed by atoms with Crippen LogP contribution in [0.15, 0.2) is 30.5 Å². The van der Waals surface area contributed by atoms with Crippen molar-refractivity contribution in [1.29, 1.82) is 0 Å². The van der Waals surface area contributed by atoms with Gasteiger partial charge in [0, 0.05) is 36.9 Å². The summed E-state index contributed by atoms with van der Waals surface area (Å²) in [6, 6.07) is 8.42. The Bertz CT molecular complexity index is 784. The molecule has 1 atom stereocenters. The zero-order chi connectivity index (χ0) is 18.1.